The van der Waals surface area contributed by atoms with E-state index >= 15 is 0 Å². The maximum absolute atomic E-state index is 12.2. The van der Waals surface area contributed by atoms with Crippen LogP contribution >= 0.6 is 0 Å². The van der Waals surface area contributed by atoms with Crippen molar-refractivity contribution in [1.82, 2.24) is 0 Å². The Balaban J connectivity index is 2.78. The van der Waals surface area contributed by atoms with Gasteiger partial charge in [-0.25, -0.2) is 0 Å². The molecular weight excluding hydrogens is 258 g/mol. The Labute approximate surface area is 127 Å². The first-order chi connectivity index (χ1) is 9.96. The van der Waals surface area contributed by atoms with Crippen LogP contribution < -0.4 is 5.73 Å². The number of rotatable bonds is 5. The zero-order valence-electron chi connectivity index (χ0n) is 13.0. The maximum Gasteiger partial charge on any atom is 0.224 e. The molecule has 0 aliphatic heterocycles. The molecule has 2 aromatic carbocycles. The van der Waals surface area contributed by atoms with Crippen molar-refractivity contribution >= 4 is 5.91 Å². The van der Waals surface area contributed by atoms with E-state index in [2.05, 4.69) is 31.2 Å². The highest BCUT2D eigenvalue weighted by atomic mass is 16.1. The van der Waals surface area contributed by atoms with Crippen LogP contribution in [-0.2, 0) is 10.2 Å². The van der Waals surface area contributed by atoms with E-state index in [1.165, 1.54) is 0 Å². The first-order valence-corrected chi connectivity index (χ1v) is 7.37. The minimum Gasteiger partial charge on any atom is -0.369 e. The van der Waals surface area contributed by atoms with Crippen LogP contribution in [0.15, 0.2) is 60.7 Å². The molecule has 110 valence electrons. The zero-order chi connectivity index (χ0) is 15.5. The fourth-order valence-corrected chi connectivity index (χ4v) is 3.39. The minimum absolute atomic E-state index is 0.281. The summed E-state index contributed by atoms with van der Waals surface area (Å²) in [7, 11) is 0. The molecule has 0 heterocycles. The third-order valence-electron chi connectivity index (χ3n) is 4.75. The quantitative estimate of drug-likeness (QED) is 0.887. The number of nitrogens with two attached hydrogens (primary N) is 1. The van der Waals surface area contributed by atoms with Crippen molar-refractivity contribution in [2.24, 2.45) is 11.1 Å². The Morgan fingerprint density at radius 1 is 0.905 bits per heavy atom. The SMILES string of the molecule is CCC(c1ccccc1)(c1ccccc1)C(C)(C)C(N)=O. The van der Waals surface area contributed by atoms with E-state index < -0.39 is 10.8 Å². The van der Waals surface area contributed by atoms with Gasteiger partial charge in [0.1, 0.15) is 0 Å². The molecule has 0 spiro atoms. The summed E-state index contributed by atoms with van der Waals surface area (Å²) in [5, 5.41) is 0. The van der Waals surface area contributed by atoms with Crippen molar-refractivity contribution in [2.75, 3.05) is 0 Å². The van der Waals surface area contributed by atoms with Gasteiger partial charge in [0.05, 0.1) is 5.41 Å². The summed E-state index contributed by atoms with van der Waals surface area (Å²) in [6, 6.07) is 20.4. The monoisotopic (exact) mass is 281 g/mol. The van der Waals surface area contributed by atoms with E-state index in [-0.39, 0.29) is 5.91 Å². The zero-order valence-corrected chi connectivity index (χ0v) is 13.0. The van der Waals surface area contributed by atoms with Gasteiger partial charge < -0.3 is 5.73 Å². The molecule has 0 saturated carbocycles. The van der Waals surface area contributed by atoms with Crippen LogP contribution in [0.3, 0.4) is 0 Å². The molecule has 0 aromatic heterocycles. The van der Waals surface area contributed by atoms with Crippen molar-refractivity contribution in [3.05, 3.63) is 71.8 Å². The van der Waals surface area contributed by atoms with Gasteiger partial charge in [0.2, 0.25) is 5.91 Å². The predicted molar refractivity (Wildman–Crippen MR) is 86.9 cm³/mol. The average Bonchev–Trinajstić information content (AvgIpc) is 2.50. The Morgan fingerprint density at radius 2 is 1.29 bits per heavy atom. The van der Waals surface area contributed by atoms with Gasteiger partial charge in [-0.1, -0.05) is 67.6 Å². The van der Waals surface area contributed by atoms with Crippen molar-refractivity contribution in [3.63, 3.8) is 0 Å². The lowest BCUT2D eigenvalue weighted by Gasteiger charge is -2.45. The summed E-state index contributed by atoms with van der Waals surface area (Å²) in [5.74, 6) is -0.281. The van der Waals surface area contributed by atoms with Gasteiger partial charge in [0.25, 0.3) is 0 Å². The van der Waals surface area contributed by atoms with Crippen molar-refractivity contribution in [2.45, 2.75) is 32.6 Å². The molecule has 2 N–H and O–H groups in total. The molecule has 0 saturated heterocycles. The van der Waals surface area contributed by atoms with Gasteiger partial charge in [-0.15, -0.1) is 0 Å². The fourth-order valence-electron chi connectivity index (χ4n) is 3.39. The maximum atomic E-state index is 12.2. The third kappa shape index (κ3) is 2.35. The summed E-state index contributed by atoms with van der Waals surface area (Å²) < 4.78 is 0. The van der Waals surface area contributed by atoms with Gasteiger partial charge in [-0.05, 0) is 31.4 Å². The molecule has 0 radical (unpaired) electrons. The van der Waals surface area contributed by atoms with Crippen molar-refractivity contribution in [1.29, 1.82) is 0 Å². The van der Waals surface area contributed by atoms with Crippen LogP contribution in [0.1, 0.15) is 38.3 Å². The Bertz CT molecular complexity index is 562. The lowest BCUT2D eigenvalue weighted by Crippen LogP contribution is -2.50. The normalized spacial score (nSPS) is 12.1. The number of amides is 1. The Morgan fingerprint density at radius 3 is 1.57 bits per heavy atom. The third-order valence-corrected chi connectivity index (χ3v) is 4.75. The van der Waals surface area contributed by atoms with E-state index in [9.17, 15) is 4.79 Å². The number of hydrogen-bond acceptors (Lipinski definition) is 1. The summed E-state index contributed by atoms with van der Waals surface area (Å²) >= 11 is 0. The number of hydrogen-bond donors (Lipinski definition) is 1. The lowest BCUT2D eigenvalue weighted by atomic mass is 9.56. The van der Waals surface area contributed by atoms with E-state index in [1.54, 1.807) is 0 Å². The minimum atomic E-state index is -0.690. The second-order valence-electron chi connectivity index (χ2n) is 5.98. The molecular formula is C19H23NO. The lowest BCUT2D eigenvalue weighted by molar-refractivity contribution is -0.129. The summed E-state index contributed by atoms with van der Waals surface area (Å²) in [4.78, 5) is 12.2. The standard InChI is InChI=1S/C19H23NO/c1-4-19(18(2,3)17(20)21,15-11-7-5-8-12-15)16-13-9-6-10-14-16/h5-14H,4H2,1-3H3,(H2,20,21). The molecule has 1 amide bonds. The second-order valence-corrected chi connectivity index (χ2v) is 5.98. The number of carbonyl (C=O) groups is 1. The van der Waals surface area contributed by atoms with Gasteiger partial charge >= 0.3 is 0 Å². The van der Waals surface area contributed by atoms with Crippen LogP contribution in [0.25, 0.3) is 0 Å². The molecule has 2 aromatic rings. The van der Waals surface area contributed by atoms with Crippen LogP contribution in [0.5, 0.6) is 0 Å². The second kappa shape index (κ2) is 5.72. The van der Waals surface area contributed by atoms with Crippen molar-refractivity contribution < 1.29 is 4.79 Å². The Hall–Kier alpha value is -2.09. The highest BCUT2D eigenvalue weighted by Gasteiger charge is 2.49. The molecule has 0 fully saturated rings. The van der Waals surface area contributed by atoms with Gasteiger partial charge in [0.15, 0.2) is 0 Å². The molecule has 0 atom stereocenters. The number of carbonyl (C=O) groups excluding carboxylic acids is 1. The molecule has 2 rings (SSSR count). The van der Waals surface area contributed by atoms with Crippen LogP contribution in [-0.4, -0.2) is 5.91 Å². The van der Waals surface area contributed by atoms with Crippen LogP contribution in [0, 0.1) is 5.41 Å². The number of primary amides is 1. The first-order valence-electron chi connectivity index (χ1n) is 7.37. The van der Waals surface area contributed by atoms with Gasteiger partial charge in [-0.2, -0.15) is 0 Å². The largest absolute Gasteiger partial charge is 0.369 e. The molecule has 21 heavy (non-hydrogen) atoms. The van der Waals surface area contributed by atoms with E-state index in [0.29, 0.717) is 0 Å². The molecule has 0 aliphatic carbocycles. The fraction of sp³-hybridized carbons (Fsp3) is 0.316. The van der Waals surface area contributed by atoms with Crippen molar-refractivity contribution in [3.8, 4) is 0 Å². The topological polar surface area (TPSA) is 43.1 Å². The smallest absolute Gasteiger partial charge is 0.224 e. The van der Waals surface area contributed by atoms with E-state index in [0.717, 1.165) is 17.5 Å². The van der Waals surface area contributed by atoms with Gasteiger partial charge in [-0.3, -0.25) is 4.79 Å². The average molecular weight is 281 g/mol. The van der Waals surface area contributed by atoms with E-state index in [4.69, 9.17) is 5.73 Å². The summed E-state index contributed by atoms with van der Waals surface area (Å²) in [5.41, 5.74) is 6.90. The number of benzene rings is 2. The Kier molecular flexibility index (Phi) is 4.17. The first kappa shape index (κ1) is 15.3. The van der Waals surface area contributed by atoms with Gasteiger partial charge in [0, 0.05) is 5.41 Å². The molecule has 2 nitrogen and oxygen atoms in total. The molecule has 0 unspecified atom stereocenters. The van der Waals surface area contributed by atoms with Crippen LogP contribution in [0.2, 0.25) is 0 Å². The summed E-state index contributed by atoms with van der Waals surface area (Å²) in [6.07, 6.45) is 0.803. The highest BCUT2D eigenvalue weighted by molar-refractivity contribution is 5.83. The van der Waals surface area contributed by atoms with Crippen LogP contribution in [0.4, 0.5) is 0 Å². The molecule has 0 aliphatic rings. The van der Waals surface area contributed by atoms with E-state index in [1.807, 2.05) is 50.2 Å². The molecule has 0 bridgehead atoms. The molecule has 2 heteroatoms. The predicted octanol–water partition coefficient (Wildman–Crippen LogP) is 3.89. The highest BCUT2D eigenvalue weighted by Crippen LogP contribution is 2.49. The summed E-state index contributed by atoms with van der Waals surface area (Å²) in [6.45, 7) is 6.00.